The zero-order chi connectivity index (χ0) is 19.4. The summed E-state index contributed by atoms with van der Waals surface area (Å²) in [7, 11) is 0. The Kier molecular flexibility index (Phi) is 5.99. The van der Waals surface area contributed by atoms with Gasteiger partial charge in [0.1, 0.15) is 0 Å². The van der Waals surface area contributed by atoms with Gasteiger partial charge in [0, 0.05) is 25.6 Å². The van der Waals surface area contributed by atoms with Gasteiger partial charge in [-0.25, -0.2) is 0 Å². The second kappa shape index (κ2) is 8.42. The standard InChI is InChI=1S/C22H28N2O3/c1-15(2)10-11-23-21(25)19-14-24(22(26)20-9-6-12-27-20)13-18(19)17-8-5-4-7-16(17)3/h4-9,12,15,18-19H,10-11,13-14H2,1-3H3,(H,23,25). The number of aryl methyl sites for hydroxylation is 1. The average molecular weight is 368 g/mol. The Balaban J connectivity index is 1.80. The van der Waals surface area contributed by atoms with Crippen LogP contribution in [0.5, 0.6) is 0 Å². The molecular formula is C22H28N2O3. The number of benzene rings is 1. The van der Waals surface area contributed by atoms with Crippen LogP contribution in [0.25, 0.3) is 0 Å². The van der Waals surface area contributed by atoms with Gasteiger partial charge >= 0.3 is 0 Å². The number of hydrogen-bond donors (Lipinski definition) is 1. The Hall–Kier alpha value is -2.56. The topological polar surface area (TPSA) is 62.6 Å². The lowest BCUT2D eigenvalue weighted by molar-refractivity contribution is -0.124. The van der Waals surface area contributed by atoms with Crippen molar-refractivity contribution in [3.05, 3.63) is 59.5 Å². The number of nitrogens with zero attached hydrogens (tertiary/aromatic N) is 1. The van der Waals surface area contributed by atoms with Gasteiger partial charge in [-0.05, 0) is 42.5 Å². The number of nitrogens with one attached hydrogen (secondary N) is 1. The van der Waals surface area contributed by atoms with E-state index in [1.807, 2.05) is 12.1 Å². The molecule has 0 saturated carbocycles. The second-order valence-corrected chi connectivity index (χ2v) is 7.73. The van der Waals surface area contributed by atoms with Crippen molar-refractivity contribution < 1.29 is 14.0 Å². The van der Waals surface area contributed by atoms with E-state index in [1.54, 1.807) is 17.0 Å². The van der Waals surface area contributed by atoms with Gasteiger partial charge in [-0.3, -0.25) is 9.59 Å². The Morgan fingerprint density at radius 1 is 1.19 bits per heavy atom. The molecule has 3 rings (SSSR count). The third kappa shape index (κ3) is 4.41. The molecule has 5 nitrogen and oxygen atoms in total. The van der Waals surface area contributed by atoms with Crippen molar-refractivity contribution in [1.29, 1.82) is 0 Å². The third-order valence-corrected chi connectivity index (χ3v) is 5.28. The van der Waals surface area contributed by atoms with Crippen molar-refractivity contribution in [3.63, 3.8) is 0 Å². The van der Waals surface area contributed by atoms with Crippen LogP contribution < -0.4 is 5.32 Å². The highest BCUT2D eigenvalue weighted by Gasteiger charge is 2.41. The molecule has 27 heavy (non-hydrogen) atoms. The van der Waals surface area contributed by atoms with E-state index in [0.29, 0.717) is 31.3 Å². The lowest BCUT2D eigenvalue weighted by atomic mass is 9.86. The lowest BCUT2D eigenvalue weighted by Gasteiger charge is -2.20. The number of hydrogen-bond acceptors (Lipinski definition) is 3. The van der Waals surface area contributed by atoms with Gasteiger partial charge in [-0.1, -0.05) is 38.1 Å². The summed E-state index contributed by atoms with van der Waals surface area (Å²) in [6.07, 6.45) is 2.45. The number of rotatable bonds is 6. The molecule has 2 amide bonds. The molecule has 2 heterocycles. The molecule has 2 unspecified atom stereocenters. The first-order chi connectivity index (χ1) is 13.0. The van der Waals surface area contributed by atoms with Crippen molar-refractivity contribution in [2.75, 3.05) is 19.6 Å². The minimum Gasteiger partial charge on any atom is -0.459 e. The van der Waals surface area contributed by atoms with Crippen LogP contribution in [0.4, 0.5) is 0 Å². The maximum Gasteiger partial charge on any atom is 0.289 e. The summed E-state index contributed by atoms with van der Waals surface area (Å²) >= 11 is 0. The van der Waals surface area contributed by atoms with Gasteiger partial charge in [-0.2, -0.15) is 0 Å². The molecule has 2 atom stereocenters. The highest BCUT2D eigenvalue weighted by molar-refractivity contribution is 5.92. The van der Waals surface area contributed by atoms with Crippen LogP contribution in [0.2, 0.25) is 0 Å². The first kappa shape index (κ1) is 19.2. The summed E-state index contributed by atoms with van der Waals surface area (Å²) in [5.74, 6) is 0.466. The quantitative estimate of drug-likeness (QED) is 0.847. The molecule has 1 aromatic heterocycles. The average Bonchev–Trinajstić information content (AvgIpc) is 3.31. The van der Waals surface area contributed by atoms with Crippen molar-refractivity contribution in [2.24, 2.45) is 11.8 Å². The van der Waals surface area contributed by atoms with Gasteiger partial charge in [0.15, 0.2) is 5.76 Å². The molecule has 2 aromatic rings. The van der Waals surface area contributed by atoms with Crippen LogP contribution >= 0.6 is 0 Å². The van der Waals surface area contributed by atoms with Gasteiger partial charge in [0.2, 0.25) is 5.91 Å². The largest absolute Gasteiger partial charge is 0.459 e. The van der Waals surface area contributed by atoms with Gasteiger partial charge in [-0.15, -0.1) is 0 Å². The van der Waals surface area contributed by atoms with Gasteiger partial charge in [0.05, 0.1) is 12.2 Å². The molecule has 1 fully saturated rings. The first-order valence-corrected chi connectivity index (χ1v) is 9.63. The normalized spacial score (nSPS) is 19.5. The van der Waals surface area contributed by atoms with Crippen LogP contribution in [-0.2, 0) is 4.79 Å². The predicted molar refractivity (Wildman–Crippen MR) is 104 cm³/mol. The Labute approximate surface area is 160 Å². The van der Waals surface area contributed by atoms with E-state index in [2.05, 4.69) is 38.2 Å². The maximum atomic E-state index is 12.9. The van der Waals surface area contributed by atoms with Crippen molar-refractivity contribution in [2.45, 2.75) is 33.1 Å². The van der Waals surface area contributed by atoms with E-state index in [9.17, 15) is 9.59 Å². The van der Waals surface area contributed by atoms with Crippen molar-refractivity contribution in [1.82, 2.24) is 10.2 Å². The SMILES string of the molecule is Cc1ccccc1C1CN(C(=O)c2ccco2)CC1C(=O)NCCC(C)C. The van der Waals surface area contributed by atoms with E-state index < -0.39 is 0 Å². The molecule has 1 aromatic carbocycles. The number of carbonyl (C=O) groups excluding carboxylic acids is 2. The summed E-state index contributed by atoms with van der Waals surface area (Å²) in [6, 6.07) is 11.5. The zero-order valence-electron chi connectivity index (χ0n) is 16.3. The Bertz CT molecular complexity index is 783. The molecule has 0 bridgehead atoms. The van der Waals surface area contributed by atoms with Gasteiger partial charge < -0.3 is 14.6 Å². The van der Waals surface area contributed by atoms with Gasteiger partial charge in [0.25, 0.3) is 5.91 Å². The van der Waals surface area contributed by atoms with Crippen LogP contribution in [0.3, 0.4) is 0 Å². The van der Waals surface area contributed by atoms with Crippen molar-refractivity contribution >= 4 is 11.8 Å². The monoisotopic (exact) mass is 368 g/mol. The number of carbonyl (C=O) groups is 2. The van der Waals surface area contributed by atoms with Crippen LogP contribution in [-0.4, -0.2) is 36.3 Å². The molecule has 1 aliphatic rings. The molecule has 1 aliphatic heterocycles. The van der Waals surface area contributed by atoms with Crippen molar-refractivity contribution in [3.8, 4) is 0 Å². The molecule has 0 radical (unpaired) electrons. The summed E-state index contributed by atoms with van der Waals surface area (Å²) in [5.41, 5.74) is 2.28. The second-order valence-electron chi connectivity index (χ2n) is 7.73. The van der Waals surface area contributed by atoms with E-state index in [1.165, 1.54) is 6.26 Å². The predicted octanol–water partition coefficient (Wildman–Crippen LogP) is 3.61. The fraction of sp³-hybridized carbons (Fsp3) is 0.455. The molecule has 0 spiro atoms. The van der Waals surface area contributed by atoms with E-state index in [-0.39, 0.29) is 23.7 Å². The highest BCUT2D eigenvalue weighted by atomic mass is 16.3. The fourth-order valence-electron chi connectivity index (χ4n) is 3.72. The minimum absolute atomic E-state index is 0.0100. The van der Waals surface area contributed by atoms with Crippen LogP contribution in [0, 0.1) is 18.8 Å². The first-order valence-electron chi connectivity index (χ1n) is 9.63. The van der Waals surface area contributed by atoms with E-state index in [4.69, 9.17) is 4.42 Å². The lowest BCUT2D eigenvalue weighted by Crippen LogP contribution is -2.36. The maximum absolute atomic E-state index is 12.9. The molecule has 1 N–H and O–H groups in total. The Morgan fingerprint density at radius 3 is 2.63 bits per heavy atom. The molecular weight excluding hydrogens is 340 g/mol. The highest BCUT2D eigenvalue weighted by Crippen LogP contribution is 2.35. The molecule has 0 aliphatic carbocycles. The summed E-state index contributed by atoms with van der Waals surface area (Å²) < 4.78 is 5.27. The smallest absolute Gasteiger partial charge is 0.289 e. The zero-order valence-corrected chi connectivity index (χ0v) is 16.3. The Morgan fingerprint density at radius 2 is 1.96 bits per heavy atom. The summed E-state index contributed by atoms with van der Waals surface area (Å²) in [4.78, 5) is 27.4. The summed E-state index contributed by atoms with van der Waals surface area (Å²) in [6.45, 7) is 7.93. The number of amides is 2. The van der Waals surface area contributed by atoms with E-state index >= 15 is 0 Å². The van der Waals surface area contributed by atoms with Crippen LogP contribution in [0.1, 0.15) is 47.9 Å². The molecule has 5 heteroatoms. The number of furan rings is 1. The van der Waals surface area contributed by atoms with E-state index in [0.717, 1.165) is 17.5 Å². The molecule has 144 valence electrons. The van der Waals surface area contributed by atoms with Crippen LogP contribution in [0.15, 0.2) is 47.1 Å². The third-order valence-electron chi connectivity index (χ3n) is 5.28. The number of likely N-dealkylation sites (tertiary alicyclic amines) is 1. The molecule has 1 saturated heterocycles. The fourth-order valence-corrected chi connectivity index (χ4v) is 3.72. The summed E-state index contributed by atoms with van der Waals surface area (Å²) in [5, 5.41) is 3.07. The minimum atomic E-state index is -0.253.